The van der Waals surface area contributed by atoms with E-state index in [2.05, 4.69) is 15.5 Å². The Morgan fingerprint density at radius 1 is 1.67 bits per heavy atom. The number of hydrogen-bond donors (Lipinski definition) is 3. The average molecular weight is 252 g/mol. The van der Waals surface area contributed by atoms with E-state index in [9.17, 15) is 4.79 Å². The molecule has 1 amide bonds. The fourth-order valence-electron chi connectivity index (χ4n) is 2.31. The topological polar surface area (TPSA) is 81.2 Å². The Balaban J connectivity index is 2.04. The molecule has 1 aromatic rings. The van der Waals surface area contributed by atoms with Crippen LogP contribution in [0.25, 0.3) is 0 Å². The van der Waals surface area contributed by atoms with Crippen LogP contribution in [-0.2, 0) is 0 Å². The Morgan fingerprint density at radius 3 is 3.06 bits per heavy atom. The van der Waals surface area contributed by atoms with E-state index >= 15 is 0 Å². The second-order valence-electron chi connectivity index (χ2n) is 4.68. The Labute approximate surface area is 106 Å². The van der Waals surface area contributed by atoms with Gasteiger partial charge in [0.2, 0.25) is 0 Å². The number of carbonyl (C=O) groups is 1. The van der Waals surface area contributed by atoms with Crippen molar-refractivity contribution in [1.29, 1.82) is 0 Å². The van der Waals surface area contributed by atoms with Crippen LogP contribution in [0.15, 0.2) is 6.20 Å². The van der Waals surface area contributed by atoms with Crippen molar-refractivity contribution in [3.8, 4) is 0 Å². The van der Waals surface area contributed by atoms with Crippen LogP contribution in [0.4, 0.5) is 0 Å². The van der Waals surface area contributed by atoms with E-state index in [4.69, 9.17) is 5.11 Å². The monoisotopic (exact) mass is 252 g/mol. The quantitative estimate of drug-likeness (QED) is 0.684. The van der Waals surface area contributed by atoms with Crippen molar-refractivity contribution < 1.29 is 9.90 Å². The van der Waals surface area contributed by atoms with Gasteiger partial charge < -0.3 is 15.3 Å². The largest absolute Gasteiger partial charge is 0.395 e. The lowest BCUT2D eigenvalue weighted by atomic mass is 10.2. The normalized spacial score (nSPS) is 19.1. The number of hydrogen-bond acceptors (Lipinski definition) is 4. The number of aliphatic hydroxyl groups excluding tert-OH is 1. The number of aromatic amines is 1. The molecular weight excluding hydrogens is 232 g/mol. The van der Waals surface area contributed by atoms with Crippen molar-refractivity contribution in [2.45, 2.75) is 25.8 Å². The third-order valence-corrected chi connectivity index (χ3v) is 3.32. The molecule has 1 unspecified atom stereocenters. The molecule has 1 fully saturated rings. The van der Waals surface area contributed by atoms with Crippen molar-refractivity contribution in [3.05, 3.63) is 17.5 Å². The van der Waals surface area contributed by atoms with Gasteiger partial charge in [-0.05, 0) is 26.3 Å². The molecule has 18 heavy (non-hydrogen) atoms. The number of amides is 1. The summed E-state index contributed by atoms with van der Waals surface area (Å²) in [5.41, 5.74) is 1.35. The molecule has 100 valence electrons. The Kier molecular flexibility index (Phi) is 4.33. The van der Waals surface area contributed by atoms with Gasteiger partial charge in [-0.3, -0.25) is 9.89 Å². The van der Waals surface area contributed by atoms with Gasteiger partial charge in [-0.1, -0.05) is 0 Å². The molecule has 3 N–H and O–H groups in total. The number of rotatable bonds is 5. The maximum absolute atomic E-state index is 12.3. The van der Waals surface area contributed by atoms with E-state index < -0.39 is 0 Å². The standard InChI is InChI=1S/C12H20N4O2/c1-9-11(7-14-15-9)12(18)16(5-6-17)8-10-3-2-4-13-10/h7,10,13,17H,2-6,8H2,1H3,(H,14,15). The fraction of sp³-hybridized carbons (Fsp3) is 0.667. The van der Waals surface area contributed by atoms with Crippen LogP contribution in [0.5, 0.6) is 0 Å². The molecule has 6 nitrogen and oxygen atoms in total. The Morgan fingerprint density at radius 2 is 2.50 bits per heavy atom. The second kappa shape index (κ2) is 5.97. The first-order valence-electron chi connectivity index (χ1n) is 6.36. The summed E-state index contributed by atoms with van der Waals surface area (Å²) in [6, 6.07) is 0.340. The van der Waals surface area contributed by atoms with Gasteiger partial charge in [-0.15, -0.1) is 0 Å². The molecule has 0 aliphatic carbocycles. The highest BCUT2D eigenvalue weighted by Gasteiger charge is 2.23. The van der Waals surface area contributed by atoms with E-state index in [0.717, 1.165) is 25.1 Å². The van der Waals surface area contributed by atoms with Gasteiger partial charge in [0.1, 0.15) is 0 Å². The predicted octanol–water partition coefficient (Wildman–Crippen LogP) is -0.0954. The zero-order valence-electron chi connectivity index (χ0n) is 10.6. The molecule has 1 aliphatic heterocycles. The lowest BCUT2D eigenvalue weighted by molar-refractivity contribution is 0.0706. The summed E-state index contributed by atoms with van der Waals surface area (Å²) in [4.78, 5) is 14.0. The zero-order chi connectivity index (χ0) is 13.0. The number of aromatic nitrogens is 2. The summed E-state index contributed by atoms with van der Waals surface area (Å²) in [7, 11) is 0. The summed E-state index contributed by atoms with van der Waals surface area (Å²) in [6.45, 7) is 3.82. The molecule has 0 bridgehead atoms. The minimum Gasteiger partial charge on any atom is -0.395 e. The number of aliphatic hydroxyl groups is 1. The second-order valence-corrected chi connectivity index (χ2v) is 4.68. The molecule has 0 aromatic carbocycles. The van der Waals surface area contributed by atoms with E-state index in [0.29, 0.717) is 24.7 Å². The van der Waals surface area contributed by atoms with Crippen LogP contribution in [0.3, 0.4) is 0 Å². The predicted molar refractivity (Wildman–Crippen MR) is 67.3 cm³/mol. The SMILES string of the molecule is Cc1[nH]ncc1C(=O)N(CCO)CC1CCCN1. The fourth-order valence-corrected chi connectivity index (χ4v) is 2.31. The molecular formula is C12H20N4O2. The van der Waals surface area contributed by atoms with Gasteiger partial charge in [0, 0.05) is 24.8 Å². The lowest BCUT2D eigenvalue weighted by Crippen LogP contribution is -2.42. The summed E-state index contributed by atoms with van der Waals surface area (Å²) < 4.78 is 0. The number of nitrogens with one attached hydrogen (secondary N) is 2. The van der Waals surface area contributed by atoms with E-state index in [-0.39, 0.29) is 12.5 Å². The molecule has 2 heterocycles. The first kappa shape index (κ1) is 13.0. The maximum Gasteiger partial charge on any atom is 0.257 e. The first-order chi connectivity index (χ1) is 8.72. The number of aryl methyl sites for hydroxylation is 1. The number of carbonyl (C=O) groups excluding carboxylic acids is 1. The maximum atomic E-state index is 12.3. The van der Waals surface area contributed by atoms with Crippen molar-refractivity contribution >= 4 is 5.91 Å². The van der Waals surface area contributed by atoms with Crippen LogP contribution in [0.1, 0.15) is 28.9 Å². The van der Waals surface area contributed by atoms with E-state index in [1.165, 1.54) is 0 Å². The molecule has 0 radical (unpaired) electrons. The molecule has 0 spiro atoms. The summed E-state index contributed by atoms with van der Waals surface area (Å²) >= 11 is 0. The molecule has 0 saturated carbocycles. The molecule has 1 aliphatic rings. The van der Waals surface area contributed by atoms with Crippen LogP contribution in [0.2, 0.25) is 0 Å². The van der Waals surface area contributed by atoms with Crippen LogP contribution < -0.4 is 5.32 Å². The Hall–Kier alpha value is -1.40. The lowest BCUT2D eigenvalue weighted by Gasteiger charge is -2.25. The molecule has 2 rings (SSSR count). The summed E-state index contributed by atoms with van der Waals surface area (Å²) in [5, 5.41) is 19.1. The van der Waals surface area contributed by atoms with Crippen molar-refractivity contribution in [3.63, 3.8) is 0 Å². The minimum atomic E-state index is -0.0657. The van der Waals surface area contributed by atoms with Gasteiger partial charge in [0.15, 0.2) is 0 Å². The highest BCUT2D eigenvalue weighted by molar-refractivity contribution is 5.95. The van der Waals surface area contributed by atoms with Gasteiger partial charge in [0.05, 0.1) is 18.4 Å². The van der Waals surface area contributed by atoms with Gasteiger partial charge in [0.25, 0.3) is 5.91 Å². The highest BCUT2D eigenvalue weighted by Crippen LogP contribution is 2.11. The Bertz CT molecular complexity index is 399. The zero-order valence-corrected chi connectivity index (χ0v) is 10.6. The minimum absolute atomic E-state index is 0.0185. The van der Waals surface area contributed by atoms with Crippen molar-refractivity contribution in [2.24, 2.45) is 0 Å². The highest BCUT2D eigenvalue weighted by atomic mass is 16.3. The van der Waals surface area contributed by atoms with E-state index in [1.54, 1.807) is 11.1 Å². The van der Waals surface area contributed by atoms with Crippen LogP contribution in [-0.4, -0.2) is 58.4 Å². The molecule has 6 heteroatoms. The average Bonchev–Trinajstić information content (AvgIpc) is 2.99. The van der Waals surface area contributed by atoms with Crippen molar-refractivity contribution in [2.75, 3.05) is 26.2 Å². The van der Waals surface area contributed by atoms with Gasteiger partial charge in [-0.2, -0.15) is 5.10 Å². The molecule has 1 saturated heterocycles. The van der Waals surface area contributed by atoms with Gasteiger partial charge >= 0.3 is 0 Å². The molecule has 1 atom stereocenters. The van der Waals surface area contributed by atoms with Crippen molar-refractivity contribution in [1.82, 2.24) is 20.4 Å². The summed E-state index contributed by atoms with van der Waals surface area (Å²) in [5.74, 6) is -0.0657. The summed E-state index contributed by atoms with van der Waals surface area (Å²) in [6.07, 6.45) is 3.78. The first-order valence-corrected chi connectivity index (χ1v) is 6.36. The smallest absolute Gasteiger partial charge is 0.257 e. The molecule has 1 aromatic heterocycles. The van der Waals surface area contributed by atoms with E-state index in [1.807, 2.05) is 6.92 Å². The van der Waals surface area contributed by atoms with Gasteiger partial charge in [-0.25, -0.2) is 0 Å². The van der Waals surface area contributed by atoms with Crippen LogP contribution in [0, 0.1) is 6.92 Å². The third-order valence-electron chi connectivity index (χ3n) is 3.32. The number of H-pyrrole nitrogens is 1. The van der Waals surface area contributed by atoms with Crippen LogP contribution >= 0.6 is 0 Å². The number of nitrogens with zero attached hydrogens (tertiary/aromatic N) is 2. The third kappa shape index (κ3) is 2.88.